The molecular weight excluding hydrogens is 452 g/mol. The van der Waals surface area contributed by atoms with E-state index in [1.807, 2.05) is 0 Å². The summed E-state index contributed by atoms with van der Waals surface area (Å²) in [4.78, 5) is 50.6. The van der Waals surface area contributed by atoms with Crippen LogP contribution in [0, 0.1) is 0 Å². The van der Waals surface area contributed by atoms with Crippen LogP contribution < -0.4 is 5.56 Å². The van der Waals surface area contributed by atoms with Crippen molar-refractivity contribution in [2.75, 3.05) is 0 Å². The SMILES string of the molecule is CC(C)(C)OC(=O)[C@H](Cc1cn(C(=O)OC(C)(C)C)c2ccccc12)n1cccc(C(=O)O)c1=O. The molecule has 3 rings (SSSR count). The summed E-state index contributed by atoms with van der Waals surface area (Å²) in [6.45, 7) is 10.4. The Morgan fingerprint density at radius 2 is 1.57 bits per heavy atom. The van der Waals surface area contributed by atoms with Crippen molar-refractivity contribution in [1.29, 1.82) is 0 Å². The Morgan fingerprint density at radius 1 is 0.943 bits per heavy atom. The van der Waals surface area contributed by atoms with E-state index in [9.17, 15) is 24.3 Å². The molecule has 0 aliphatic heterocycles. The highest BCUT2D eigenvalue weighted by Gasteiger charge is 2.30. The number of fused-ring (bicyclic) bond motifs is 1. The highest BCUT2D eigenvalue weighted by molar-refractivity contribution is 5.92. The number of hydrogen-bond acceptors (Lipinski definition) is 6. The number of esters is 1. The molecule has 9 nitrogen and oxygen atoms in total. The average molecular weight is 483 g/mol. The normalized spacial score (nSPS) is 12.9. The quantitative estimate of drug-likeness (QED) is 0.535. The van der Waals surface area contributed by atoms with Crippen LogP contribution in [0.3, 0.4) is 0 Å². The third-order valence-corrected chi connectivity index (χ3v) is 5.02. The number of para-hydroxylation sites is 1. The number of carbonyl (C=O) groups is 3. The Hall–Kier alpha value is -3.88. The molecule has 3 aromatic rings. The molecule has 2 aromatic heterocycles. The maximum absolute atomic E-state index is 13.2. The molecule has 0 radical (unpaired) electrons. The Labute approximate surface area is 202 Å². The minimum Gasteiger partial charge on any atom is -0.477 e. The summed E-state index contributed by atoms with van der Waals surface area (Å²) in [5.41, 5.74) is -1.68. The van der Waals surface area contributed by atoms with Gasteiger partial charge in [-0.2, -0.15) is 0 Å². The van der Waals surface area contributed by atoms with E-state index in [2.05, 4.69) is 0 Å². The molecule has 186 valence electrons. The molecule has 35 heavy (non-hydrogen) atoms. The van der Waals surface area contributed by atoms with Crippen LogP contribution >= 0.6 is 0 Å². The zero-order valence-electron chi connectivity index (χ0n) is 20.7. The molecule has 2 heterocycles. The minimum absolute atomic E-state index is 0.0196. The summed E-state index contributed by atoms with van der Waals surface area (Å²) in [5.74, 6) is -2.09. The fraction of sp³-hybridized carbons (Fsp3) is 0.385. The highest BCUT2D eigenvalue weighted by atomic mass is 16.6. The van der Waals surface area contributed by atoms with Crippen LogP contribution in [-0.4, -0.2) is 43.5 Å². The predicted octanol–water partition coefficient (Wildman–Crippen LogP) is 4.41. The Kier molecular flexibility index (Phi) is 6.91. The van der Waals surface area contributed by atoms with Crippen molar-refractivity contribution in [1.82, 2.24) is 9.13 Å². The maximum Gasteiger partial charge on any atom is 0.419 e. The largest absolute Gasteiger partial charge is 0.477 e. The van der Waals surface area contributed by atoms with Gasteiger partial charge in [0.05, 0.1) is 5.52 Å². The van der Waals surface area contributed by atoms with E-state index in [4.69, 9.17) is 9.47 Å². The topological polar surface area (TPSA) is 117 Å². The second kappa shape index (κ2) is 9.40. The smallest absolute Gasteiger partial charge is 0.419 e. The van der Waals surface area contributed by atoms with Gasteiger partial charge in [0.1, 0.15) is 22.8 Å². The summed E-state index contributed by atoms with van der Waals surface area (Å²) < 4.78 is 13.5. The van der Waals surface area contributed by atoms with Crippen LogP contribution in [0.5, 0.6) is 0 Å². The summed E-state index contributed by atoms with van der Waals surface area (Å²) in [6, 6.07) is 8.54. The lowest BCUT2D eigenvalue weighted by atomic mass is 10.0. The van der Waals surface area contributed by atoms with Crippen LogP contribution in [0.25, 0.3) is 10.9 Å². The molecule has 1 aromatic carbocycles. The molecular formula is C26H30N2O7. The predicted molar refractivity (Wildman–Crippen MR) is 130 cm³/mol. The van der Waals surface area contributed by atoms with E-state index in [0.717, 1.165) is 4.57 Å². The van der Waals surface area contributed by atoms with Crippen molar-refractivity contribution in [3.63, 3.8) is 0 Å². The molecule has 0 saturated heterocycles. The van der Waals surface area contributed by atoms with Gasteiger partial charge >= 0.3 is 18.0 Å². The van der Waals surface area contributed by atoms with E-state index >= 15 is 0 Å². The van der Waals surface area contributed by atoms with Gasteiger partial charge in [0, 0.05) is 24.2 Å². The van der Waals surface area contributed by atoms with Crippen molar-refractivity contribution in [2.45, 2.75) is 65.2 Å². The van der Waals surface area contributed by atoms with Crippen molar-refractivity contribution in [2.24, 2.45) is 0 Å². The van der Waals surface area contributed by atoms with Crippen LogP contribution in [-0.2, 0) is 20.7 Å². The number of aromatic nitrogens is 2. The number of ether oxygens (including phenoxy) is 2. The third kappa shape index (κ3) is 5.98. The first kappa shape index (κ1) is 25.7. The lowest BCUT2D eigenvalue weighted by molar-refractivity contribution is -0.159. The number of nitrogens with zero attached hydrogens (tertiary/aromatic N) is 2. The lowest BCUT2D eigenvalue weighted by Gasteiger charge is -2.25. The zero-order chi connectivity index (χ0) is 26.1. The number of carboxylic acid groups (broad SMARTS) is 1. The van der Waals surface area contributed by atoms with Crippen molar-refractivity contribution >= 4 is 28.9 Å². The molecule has 0 aliphatic carbocycles. The van der Waals surface area contributed by atoms with Gasteiger partial charge < -0.3 is 19.1 Å². The first-order valence-corrected chi connectivity index (χ1v) is 11.2. The molecule has 0 bridgehead atoms. The van der Waals surface area contributed by atoms with E-state index in [0.29, 0.717) is 16.5 Å². The molecule has 1 N–H and O–H groups in total. The fourth-order valence-electron chi connectivity index (χ4n) is 3.67. The Morgan fingerprint density at radius 3 is 2.17 bits per heavy atom. The van der Waals surface area contributed by atoms with Crippen LogP contribution in [0.1, 0.15) is 63.5 Å². The maximum atomic E-state index is 13.2. The summed E-state index contributed by atoms with van der Waals surface area (Å²) in [5, 5.41) is 10.1. The van der Waals surface area contributed by atoms with Gasteiger partial charge in [-0.25, -0.2) is 14.4 Å². The number of benzene rings is 1. The molecule has 0 spiro atoms. The molecule has 0 unspecified atom stereocenters. The fourth-order valence-corrected chi connectivity index (χ4v) is 3.67. The third-order valence-electron chi connectivity index (χ3n) is 5.02. The summed E-state index contributed by atoms with van der Waals surface area (Å²) in [7, 11) is 0. The monoisotopic (exact) mass is 482 g/mol. The van der Waals surface area contributed by atoms with Crippen molar-refractivity contribution in [3.05, 3.63) is 70.3 Å². The van der Waals surface area contributed by atoms with Gasteiger partial charge in [0.15, 0.2) is 0 Å². The first-order chi connectivity index (χ1) is 16.2. The number of pyridine rings is 1. The number of aromatic carboxylic acids is 1. The standard InChI is InChI=1S/C26H30N2O7/c1-25(2,3)34-23(32)20(27-13-9-11-18(21(27)29)22(30)31)14-16-15-28(24(33)35-26(4,5)6)19-12-8-7-10-17(16)19/h7-13,15,20H,14H2,1-6H3,(H,30,31)/t20-/m0/s1. The molecule has 0 aliphatic rings. The molecule has 0 saturated carbocycles. The Bertz CT molecular complexity index is 1340. The van der Waals surface area contributed by atoms with Crippen LogP contribution in [0.15, 0.2) is 53.6 Å². The van der Waals surface area contributed by atoms with E-state index in [1.54, 1.807) is 72.0 Å². The second-order valence-electron chi connectivity index (χ2n) is 10.2. The van der Waals surface area contributed by atoms with Crippen LogP contribution in [0.2, 0.25) is 0 Å². The van der Waals surface area contributed by atoms with Gasteiger partial charge in [-0.3, -0.25) is 9.36 Å². The van der Waals surface area contributed by atoms with E-state index < -0.39 is 46.4 Å². The summed E-state index contributed by atoms with van der Waals surface area (Å²) >= 11 is 0. The number of carbonyl (C=O) groups excluding carboxylic acids is 2. The molecule has 1 atom stereocenters. The van der Waals surface area contributed by atoms with Gasteiger partial charge in [0.25, 0.3) is 5.56 Å². The van der Waals surface area contributed by atoms with Gasteiger partial charge in [-0.1, -0.05) is 18.2 Å². The average Bonchev–Trinajstić information content (AvgIpc) is 3.08. The Balaban J connectivity index is 2.14. The zero-order valence-corrected chi connectivity index (χ0v) is 20.7. The van der Waals surface area contributed by atoms with Gasteiger partial charge in [-0.15, -0.1) is 0 Å². The van der Waals surface area contributed by atoms with Crippen molar-refractivity contribution < 1.29 is 29.0 Å². The molecule has 0 fully saturated rings. The highest BCUT2D eigenvalue weighted by Crippen LogP contribution is 2.27. The number of rotatable bonds is 5. The molecule has 0 amide bonds. The molecule has 9 heteroatoms. The van der Waals surface area contributed by atoms with Gasteiger partial charge in [0.2, 0.25) is 0 Å². The summed E-state index contributed by atoms with van der Waals surface area (Å²) in [6.07, 6.45) is 2.33. The number of hydrogen-bond donors (Lipinski definition) is 1. The van der Waals surface area contributed by atoms with Crippen molar-refractivity contribution in [3.8, 4) is 0 Å². The van der Waals surface area contributed by atoms with E-state index in [-0.39, 0.29) is 6.42 Å². The second-order valence-corrected chi connectivity index (χ2v) is 10.2. The number of carboxylic acids is 1. The van der Waals surface area contributed by atoms with E-state index in [1.165, 1.54) is 22.9 Å². The first-order valence-electron chi connectivity index (χ1n) is 11.2. The van der Waals surface area contributed by atoms with Crippen LogP contribution in [0.4, 0.5) is 4.79 Å². The minimum atomic E-state index is -1.39. The van der Waals surface area contributed by atoms with Gasteiger partial charge in [-0.05, 0) is 65.3 Å². The lowest BCUT2D eigenvalue weighted by Crippen LogP contribution is -2.37.